The van der Waals surface area contributed by atoms with Crippen molar-refractivity contribution in [2.24, 2.45) is 5.92 Å². The van der Waals surface area contributed by atoms with E-state index in [9.17, 15) is 0 Å². The lowest BCUT2D eigenvalue weighted by molar-refractivity contribution is 0.239. The van der Waals surface area contributed by atoms with Crippen LogP contribution in [0.25, 0.3) is 10.1 Å². The molecule has 3 aliphatic rings. The zero-order valence-electron chi connectivity index (χ0n) is 18.1. The summed E-state index contributed by atoms with van der Waals surface area (Å²) >= 11 is 1.86. The minimum atomic E-state index is 0.809. The highest BCUT2D eigenvalue weighted by molar-refractivity contribution is 7.17. The van der Waals surface area contributed by atoms with Crippen molar-refractivity contribution in [1.82, 2.24) is 4.90 Å². The van der Waals surface area contributed by atoms with E-state index in [0.717, 1.165) is 63.3 Å². The van der Waals surface area contributed by atoms with Gasteiger partial charge in [-0.25, -0.2) is 0 Å². The number of fused-ring (bicyclic) bond motifs is 4. The third-order valence-corrected chi connectivity index (χ3v) is 8.16. The molecule has 3 aromatic rings. The maximum absolute atomic E-state index is 6.05. The number of rotatable bonds is 7. The highest BCUT2D eigenvalue weighted by atomic mass is 32.1. The zero-order valence-corrected chi connectivity index (χ0v) is 18.9. The van der Waals surface area contributed by atoms with Crippen LogP contribution in [-0.4, -0.2) is 50.8 Å². The Labute approximate surface area is 188 Å². The summed E-state index contributed by atoms with van der Waals surface area (Å²) in [7, 11) is 0. The Hall–Kier alpha value is -2.24. The number of thiophene rings is 1. The van der Waals surface area contributed by atoms with Gasteiger partial charge in [-0.05, 0) is 72.2 Å². The predicted octanol–water partition coefficient (Wildman–Crippen LogP) is 5.41. The Morgan fingerprint density at radius 1 is 1.03 bits per heavy atom. The van der Waals surface area contributed by atoms with Gasteiger partial charge < -0.3 is 15.0 Å². The highest BCUT2D eigenvalue weighted by Gasteiger charge is 2.42. The van der Waals surface area contributed by atoms with E-state index < -0.39 is 0 Å². The smallest absolute Gasteiger partial charge is 0.121 e. The lowest BCUT2D eigenvalue weighted by Crippen LogP contribution is -2.46. The second kappa shape index (κ2) is 8.36. The van der Waals surface area contributed by atoms with Gasteiger partial charge in [0.1, 0.15) is 5.75 Å². The molecule has 1 aliphatic carbocycles. The molecule has 2 atom stereocenters. The van der Waals surface area contributed by atoms with Gasteiger partial charge in [-0.1, -0.05) is 18.2 Å². The molecule has 31 heavy (non-hydrogen) atoms. The first kappa shape index (κ1) is 19.4. The summed E-state index contributed by atoms with van der Waals surface area (Å²) in [6.45, 7) is 7.68. The fourth-order valence-electron chi connectivity index (χ4n) is 5.26. The second-order valence-corrected chi connectivity index (χ2v) is 10.1. The Bertz CT molecular complexity index is 1060. The first-order valence-corrected chi connectivity index (χ1v) is 12.7. The molecule has 4 nitrogen and oxygen atoms in total. The molecule has 1 saturated heterocycles. The molecular formula is C26H31N3OS. The number of piperazine rings is 1. The van der Waals surface area contributed by atoms with Crippen molar-refractivity contribution in [3.8, 4) is 5.75 Å². The molecule has 1 aromatic heterocycles. The summed E-state index contributed by atoms with van der Waals surface area (Å²) in [5.41, 5.74) is 4.21. The van der Waals surface area contributed by atoms with Crippen LogP contribution >= 0.6 is 11.3 Å². The average Bonchev–Trinajstić information content (AvgIpc) is 3.46. The molecule has 2 unspecified atom stereocenters. The van der Waals surface area contributed by atoms with Crippen molar-refractivity contribution < 1.29 is 4.74 Å². The Balaban J connectivity index is 0.930. The Morgan fingerprint density at radius 2 is 1.97 bits per heavy atom. The Kier molecular flexibility index (Phi) is 5.24. The maximum Gasteiger partial charge on any atom is 0.121 e. The molecule has 162 valence electrons. The number of ether oxygens (including phenoxy) is 1. The van der Waals surface area contributed by atoms with E-state index in [1.165, 1.54) is 46.4 Å². The van der Waals surface area contributed by atoms with Gasteiger partial charge in [-0.15, -0.1) is 11.3 Å². The van der Waals surface area contributed by atoms with E-state index in [4.69, 9.17) is 4.74 Å². The number of hydrogen-bond acceptors (Lipinski definition) is 5. The molecule has 2 aromatic carbocycles. The third-order valence-electron chi connectivity index (χ3n) is 7.21. The molecule has 5 heteroatoms. The van der Waals surface area contributed by atoms with Crippen molar-refractivity contribution in [3.05, 3.63) is 53.4 Å². The van der Waals surface area contributed by atoms with Gasteiger partial charge in [0.2, 0.25) is 0 Å². The fourth-order valence-corrected chi connectivity index (χ4v) is 6.20. The van der Waals surface area contributed by atoms with Gasteiger partial charge in [0.05, 0.1) is 17.0 Å². The molecule has 0 spiro atoms. The first-order chi connectivity index (χ1) is 15.3. The lowest BCUT2D eigenvalue weighted by atomic mass is 10.0. The van der Waals surface area contributed by atoms with E-state index in [1.54, 1.807) is 0 Å². The fraction of sp³-hybridized carbons (Fsp3) is 0.462. The van der Waals surface area contributed by atoms with Crippen LogP contribution < -0.4 is 15.0 Å². The first-order valence-electron chi connectivity index (χ1n) is 11.8. The summed E-state index contributed by atoms with van der Waals surface area (Å²) in [6.07, 6.45) is 3.68. The summed E-state index contributed by atoms with van der Waals surface area (Å²) < 4.78 is 7.49. The van der Waals surface area contributed by atoms with Gasteiger partial charge in [-0.2, -0.15) is 0 Å². The van der Waals surface area contributed by atoms with Crippen LogP contribution in [-0.2, 0) is 0 Å². The molecule has 6 rings (SSSR count). The Morgan fingerprint density at radius 3 is 2.90 bits per heavy atom. The minimum Gasteiger partial charge on any atom is -0.494 e. The number of unbranched alkanes of at least 4 members (excludes halogenated alkanes) is 1. The van der Waals surface area contributed by atoms with Gasteiger partial charge in [0.15, 0.2) is 0 Å². The number of nitrogens with zero attached hydrogens (tertiary/aromatic N) is 2. The van der Waals surface area contributed by atoms with Crippen LogP contribution in [0.5, 0.6) is 5.75 Å². The topological polar surface area (TPSA) is 27.7 Å². The normalized spacial score (nSPS) is 22.6. The number of benzene rings is 2. The van der Waals surface area contributed by atoms with Crippen LogP contribution in [0.4, 0.5) is 11.4 Å². The molecule has 0 bridgehead atoms. The van der Waals surface area contributed by atoms with Gasteiger partial charge in [0.25, 0.3) is 0 Å². The van der Waals surface area contributed by atoms with E-state index in [0.29, 0.717) is 0 Å². The molecule has 2 aliphatic heterocycles. The molecular weight excluding hydrogens is 402 g/mol. The van der Waals surface area contributed by atoms with Gasteiger partial charge in [0, 0.05) is 44.5 Å². The predicted molar refractivity (Wildman–Crippen MR) is 131 cm³/mol. The highest BCUT2D eigenvalue weighted by Crippen LogP contribution is 2.53. The summed E-state index contributed by atoms with van der Waals surface area (Å²) in [5, 5.41) is 7.15. The van der Waals surface area contributed by atoms with E-state index >= 15 is 0 Å². The monoisotopic (exact) mass is 433 g/mol. The van der Waals surface area contributed by atoms with E-state index in [2.05, 4.69) is 63.0 Å². The lowest BCUT2D eigenvalue weighted by Gasteiger charge is -2.36. The number of nitrogens with one attached hydrogen (secondary N) is 1. The number of hydrogen-bond donors (Lipinski definition) is 1. The molecule has 0 amide bonds. The molecule has 2 fully saturated rings. The van der Waals surface area contributed by atoms with Crippen LogP contribution in [0, 0.1) is 5.92 Å². The van der Waals surface area contributed by atoms with Crippen molar-refractivity contribution in [2.45, 2.75) is 25.2 Å². The minimum absolute atomic E-state index is 0.809. The van der Waals surface area contributed by atoms with Crippen LogP contribution in [0.1, 0.15) is 30.7 Å². The quantitative estimate of drug-likeness (QED) is 0.504. The summed E-state index contributed by atoms with van der Waals surface area (Å²) in [4.78, 5) is 5.17. The SMILES string of the molecule is c1cc(N2CCN(CCCCOc3ccc4c(c3)NCC3CC43)CC2)c2sccc2c1. The molecule has 1 saturated carbocycles. The van der Waals surface area contributed by atoms with Crippen molar-refractivity contribution in [1.29, 1.82) is 0 Å². The zero-order chi connectivity index (χ0) is 20.6. The standard InChI is InChI=1S/C26H31N3OS/c1(2-14-30-21-6-7-22-23-16-20(23)18-27-24(22)17-21)9-28-10-12-29(13-11-28)25-5-3-4-19-8-15-31-26(19)25/h3-8,15,17,20,23,27H,1-2,9-14,16,18H2. The second-order valence-electron chi connectivity index (χ2n) is 9.23. The van der Waals surface area contributed by atoms with Gasteiger partial charge >= 0.3 is 0 Å². The van der Waals surface area contributed by atoms with Crippen molar-refractivity contribution in [3.63, 3.8) is 0 Å². The maximum atomic E-state index is 6.05. The van der Waals surface area contributed by atoms with Crippen LogP contribution in [0.2, 0.25) is 0 Å². The molecule has 0 radical (unpaired) electrons. The molecule has 3 heterocycles. The molecule has 1 N–H and O–H groups in total. The van der Waals surface area contributed by atoms with E-state index in [-0.39, 0.29) is 0 Å². The van der Waals surface area contributed by atoms with Crippen molar-refractivity contribution in [2.75, 3.05) is 56.1 Å². The van der Waals surface area contributed by atoms with Crippen molar-refractivity contribution >= 4 is 32.8 Å². The van der Waals surface area contributed by atoms with Gasteiger partial charge in [-0.3, -0.25) is 4.90 Å². The van der Waals surface area contributed by atoms with E-state index in [1.807, 2.05) is 11.3 Å². The summed E-state index contributed by atoms with van der Waals surface area (Å²) in [5.74, 6) is 2.70. The van der Waals surface area contributed by atoms with Crippen LogP contribution in [0.15, 0.2) is 47.8 Å². The largest absolute Gasteiger partial charge is 0.494 e. The third kappa shape index (κ3) is 4.01. The number of anilines is 2. The van der Waals surface area contributed by atoms with Crippen LogP contribution in [0.3, 0.4) is 0 Å². The summed E-state index contributed by atoms with van der Waals surface area (Å²) in [6, 6.07) is 15.6. The average molecular weight is 434 g/mol.